The second-order valence-corrected chi connectivity index (χ2v) is 5.87. The lowest BCUT2D eigenvalue weighted by molar-refractivity contribution is -0.385. The number of rotatable bonds is 8. The van der Waals surface area contributed by atoms with E-state index >= 15 is 0 Å². The Hall–Kier alpha value is -2.22. The predicted octanol–water partition coefficient (Wildman–Crippen LogP) is 1.61. The molecule has 126 valence electrons. The molecule has 8 heteroatoms. The molecule has 0 amide bonds. The number of anilines is 1. The Morgan fingerprint density at radius 1 is 1.48 bits per heavy atom. The van der Waals surface area contributed by atoms with Gasteiger partial charge in [-0.2, -0.15) is 0 Å². The minimum atomic E-state index is -0.863. The van der Waals surface area contributed by atoms with Gasteiger partial charge in [0, 0.05) is 25.7 Å². The summed E-state index contributed by atoms with van der Waals surface area (Å²) in [6.07, 6.45) is 3.60. The van der Waals surface area contributed by atoms with Crippen LogP contribution in [0.4, 0.5) is 11.5 Å². The summed E-state index contributed by atoms with van der Waals surface area (Å²) < 4.78 is 0. The fourth-order valence-corrected chi connectivity index (χ4v) is 2.65. The summed E-state index contributed by atoms with van der Waals surface area (Å²) in [5, 5.41) is 19.8. The molecular formula is C15H22N4O4. The first-order chi connectivity index (χ1) is 11.0. The molecule has 1 aliphatic heterocycles. The summed E-state index contributed by atoms with van der Waals surface area (Å²) in [4.78, 5) is 29.7. The van der Waals surface area contributed by atoms with Crippen LogP contribution in [0.15, 0.2) is 18.3 Å². The van der Waals surface area contributed by atoms with Crippen molar-refractivity contribution in [3.05, 3.63) is 28.4 Å². The quantitative estimate of drug-likeness (QED) is 0.573. The molecule has 0 saturated carbocycles. The van der Waals surface area contributed by atoms with Gasteiger partial charge in [0.05, 0.1) is 10.8 Å². The van der Waals surface area contributed by atoms with Crippen molar-refractivity contribution in [3.8, 4) is 0 Å². The third-order valence-corrected chi connectivity index (χ3v) is 4.07. The van der Waals surface area contributed by atoms with Crippen molar-refractivity contribution < 1.29 is 14.8 Å². The van der Waals surface area contributed by atoms with E-state index in [1.54, 1.807) is 13.0 Å². The largest absolute Gasteiger partial charge is 0.481 e. The van der Waals surface area contributed by atoms with Crippen molar-refractivity contribution in [2.45, 2.75) is 19.8 Å². The maximum absolute atomic E-state index is 11.1. The monoisotopic (exact) mass is 322 g/mol. The van der Waals surface area contributed by atoms with Gasteiger partial charge < -0.3 is 14.9 Å². The Bertz CT molecular complexity index is 543. The Morgan fingerprint density at radius 2 is 2.17 bits per heavy atom. The van der Waals surface area contributed by atoms with Gasteiger partial charge in [0.15, 0.2) is 0 Å². The van der Waals surface area contributed by atoms with Gasteiger partial charge in [0.2, 0.25) is 0 Å². The molecule has 0 bridgehead atoms. The van der Waals surface area contributed by atoms with Crippen LogP contribution in [-0.4, -0.2) is 58.6 Å². The second kappa shape index (κ2) is 7.87. The summed E-state index contributed by atoms with van der Waals surface area (Å²) in [6.45, 7) is 5.60. The van der Waals surface area contributed by atoms with Gasteiger partial charge in [-0.1, -0.05) is 6.92 Å². The molecule has 1 fully saturated rings. The number of hydrogen-bond donors (Lipinski definition) is 1. The van der Waals surface area contributed by atoms with Crippen molar-refractivity contribution in [2.24, 2.45) is 5.92 Å². The smallest absolute Gasteiger partial charge is 0.308 e. The van der Waals surface area contributed by atoms with E-state index in [0.717, 1.165) is 19.6 Å². The number of nitro groups is 1. The topological polar surface area (TPSA) is 99.8 Å². The molecule has 0 radical (unpaired) electrons. The highest BCUT2D eigenvalue weighted by Crippen LogP contribution is 2.18. The predicted molar refractivity (Wildman–Crippen MR) is 85.6 cm³/mol. The third kappa shape index (κ3) is 4.88. The van der Waals surface area contributed by atoms with Crippen molar-refractivity contribution in [3.63, 3.8) is 0 Å². The lowest BCUT2D eigenvalue weighted by Crippen LogP contribution is -2.38. The molecule has 0 aromatic carbocycles. The number of carboxylic acid groups (broad SMARTS) is 1. The number of aliphatic carboxylic acids is 1. The standard InChI is InChI=1S/C15H22N4O4/c1-12(15(20)21)11-18(9-8-17-6-2-3-7-17)14-5-4-13(10-16-14)19(22)23/h4-5,10,12H,2-3,6-9,11H2,1H3,(H,20,21). The van der Waals surface area contributed by atoms with Crippen molar-refractivity contribution in [1.29, 1.82) is 0 Å². The zero-order valence-electron chi connectivity index (χ0n) is 13.2. The number of hydrogen-bond acceptors (Lipinski definition) is 6. The van der Waals surface area contributed by atoms with Crippen LogP contribution in [0.25, 0.3) is 0 Å². The van der Waals surface area contributed by atoms with Gasteiger partial charge in [-0.3, -0.25) is 14.9 Å². The van der Waals surface area contributed by atoms with Crippen molar-refractivity contribution >= 4 is 17.5 Å². The fourth-order valence-electron chi connectivity index (χ4n) is 2.65. The third-order valence-electron chi connectivity index (χ3n) is 4.07. The van der Waals surface area contributed by atoms with E-state index in [4.69, 9.17) is 5.11 Å². The van der Waals surface area contributed by atoms with Crippen LogP contribution < -0.4 is 4.90 Å². The fraction of sp³-hybridized carbons (Fsp3) is 0.600. The minimum Gasteiger partial charge on any atom is -0.481 e. The SMILES string of the molecule is CC(CN(CCN1CCCC1)c1ccc([N+](=O)[O-])cn1)C(=O)O. The molecule has 1 saturated heterocycles. The molecule has 23 heavy (non-hydrogen) atoms. The van der Waals surface area contributed by atoms with Crippen LogP contribution >= 0.6 is 0 Å². The van der Waals surface area contributed by atoms with Crippen LogP contribution in [0.1, 0.15) is 19.8 Å². The van der Waals surface area contributed by atoms with E-state index in [9.17, 15) is 14.9 Å². The van der Waals surface area contributed by atoms with Crippen molar-refractivity contribution in [2.75, 3.05) is 37.6 Å². The van der Waals surface area contributed by atoms with E-state index in [1.165, 1.54) is 25.1 Å². The summed E-state index contributed by atoms with van der Waals surface area (Å²) in [5.74, 6) is -0.827. The van der Waals surface area contributed by atoms with Gasteiger partial charge in [0.25, 0.3) is 5.69 Å². The first kappa shape index (κ1) is 17.1. The molecule has 1 N–H and O–H groups in total. The average Bonchev–Trinajstić information content (AvgIpc) is 3.04. The zero-order valence-corrected chi connectivity index (χ0v) is 13.2. The molecule has 0 aliphatic carbocycles. The van der Waals surface area contributed by atoms with Crippen LogP contribution in [-0.2, 0) is 4.79 Å². The van der Waals surface area contributed by atoms with E-state index in [2.05, 4.69) is 9.88 Å². The first-order valence-corrected chi connectivity index (χ1v) is 7.78. The molecule has 1 atom stereocenters. The lowest BCUT2D eigenvalue weighted by Gasteiger charge is -2.27. The number of pyridine rings is 1. The normalized spacial score (nSPS) is 16.2. The van der Waals surface area contributed by atoms with Gasteiger partial charge in [-0.15, -0.1) is 0 Å². The summed E-state index contributed by atoms with van der Waals surface area (Å²) in [7, 11) is 0. The molecule has 1 aromatic rings. The zero-order chi connectivity index (χ0) is 16.8. The summed E-state index contributed by atoms with van der Waals surface area (Å²) in [6, 6.07) is 2.98. The van der Waals surface area contributed by atoms with Crippen LogP contribution in [0.2, 0.25) is 0 Å². The van der Waals surface area contributed by atoms with Crippen molar-refractivity contribution in [1.82, 2.24) is 9.88 Å². The molecule has 0 spiro atoms. The summed E-state index contributed by atoms with van der Waals surface area (Å²) in [5.41, 5.74) is -0.0699. The van der Waals surface area contributed by atoms with Crippen LogP contribution in [0.5, 0.6) is 0 Å². The van der Waals surface area contributed by atoms with E-state index < -0.39 is 16.8 Å². The van der Waals surface area contributed by atoms with Gasteiger partial charge in [-0.05, 0) is 32.0 Å². The summed E-state index contributed by atoms with van der Waals surface area (Å²) >= 11 is 0. The highest BCUT2D eigenvalue weighted by atomic mass is 16.6. The van der Waals surface area contributed by atoms with Gasteiger partial charge >= 0.3 is 5.97 Å². The second-order valence-electron chi connectivity index (χ2n) is 5.87. The maximum atomic E-state index is 11.1. The van der Waals surface area contributed by atoms with Gasteiger partial charge in [0.1, 0.15) is 12.0 Å². The maximum Gasteiger partial charge on any atom is 0.308 e. The molecule has 1 aromatic heterocycles. The van der Waals surface area contributed by atoms with E-state index in [1.807, 2.05) is 4.90 Å². The first-order valence-electron chi connectivity index (χ1n) is 7.78. The van der Waals surface area contributed by atoms with E-state index in [0.29, 0.717) is 18.9 Å². The Balaban J connectivity index is 2.07. The molecule has 8 nitrogen and oxygen atoms in total. The molecule has 2 rings (SSSR count). The highest BCUT2D eigenvalue weighted by Gasteiger charge is 2.20. The number of carboxylic acids is 1. The molecular weight excluding hydrogens is 300 g/mol. The minimum absolute atomic E-state index is 0.0699. The van der Waals surface area contributed by atoms with Crippen LogP contribution in [0.3, 0.4) is 0 Å². The Labute approximate surface area is 134 Å². The van der Waals surface area contributed by atoms with E-state index in [-0.39, 0.29) is 5.69 Å². The van der Waals surface area contributed by atoms with Gasteiger partial charge in [-0.25, -0.2) is 4.98 Å². The number of likely N-dealkylation sites (tertiary alicyclic amines) is 1. The molecule has 2 heterocycles. The molecule has 1 aliphatic rings. The number of nitrogens with zero attached hydrogens (tertiary/aromatic N) is 4. The highest BCUT2D eigenvalue weighted by molar-refractivity contribution is 5.70. The Kier molecular flexibility index (Phi) is 5.86. The molecule has 1 unspecified atom stereocenters. The average molecular weight is 322 g/mol. The Morgan fingerprint density at radius 3 is 2.70 bits per heavy atom. The van der Waals surface area contributed by atoms with Crippen LogP contribution in [0, 0.1) is 16.0 Å². The number of carbonyl (C=O) groups is 1. The number of aromatic nitrogens is 1. The lowest BCUT2D eigenvalue weighted by atomic mass is 10.1.